The van der Waals surface area contributed by atoms with Gasteiger partial charge in [-0.15, -0.1) is 11.3 Å². The summed E-state index contributed by atoms with van der Waals surface area (Å²) in [4.78, 5) is 31.5. The van der Waals surface area contributed by atoms with Gasteiger partial charge in [0.2, 0.25) is 5.91 Å². The molecule has 7 heteroatoms. The Labute approximate surface area is 146 Å². The van der Waals surface area contributed by atoms with Crippen molar-refractivity contribution in [3.05, 3.63) is 16.1 Å². The van der Waals surface area contributed by atoms with Gasteiger partial charge in [-0.2, -0.15) is 0 Å². The summed E-state index contributed by atoms with van der Waals surface area (Å²) in [5.74, 6) is 0.322. The second kappa shape index (κ2) is 7.19. The van der Waals surface area contributed by atoms with Crippen molar-refractivity contribution in [3.63, 3.8) is 0 Å². The van der Waals surface area contributed by atoms with Crippen LogP contribution in [0.25, 0.3) is 0 Å². The standard InChI is InChI=1S/C17H25N3O3S/c1-17(16-19-11-13(24-16)14(21)18-2)5-7-20(8-6-17)15(22)12-3-9-23-10-4-12/h11-12H,3-10H2,1-2H3,(H,18,21). The van der Waals surface area contributed by atoms with Crippen LogP contribution >= 0.6 is 11.3 Å². The first-order valence-corrected chi connectivity index (χ1v) is 9.40. The van der Waals surface area contributed by atoms with Gasteiger partial charge in [-0.1, -0.05) is 6.92 Å². The van der Waals surface area contributed by atoms with E-state index in [4.69, 9.17) is 4.74 Å². The van der Waals surface area contributed by atoms with Crippen LogP contribution < -0.4 is 5.32 Å². The summed E-state index contributed by atoms with van der Waals surface area (Å²) in [5.41, 5.74) is -0.0522. The van der Waals surface area contributed by atoms with Crippen molar-refractivity contribution in [2.75, 3.05) is 33.4 Å². The molecule has 3 heterocycles. The Morgan fingerprint density at radius 2 is 2.00 bits per heavy atom. The van der Waals surface area contributed by atoms with Crippen molar-refractivity contribution in [1.82, 2.24) is 15.2 Å². The van der Waals surface area contributed by atoms with E-state index in [1.165, 1.54) is 11.3 Å². The van der Waals surface area contributed by atoms with E-state index in [9.17, 15) is 9.59 Å². The van der Waals surface area contributed by atoms with E-state index in [1.807, 2.05) is 4.90 Å². The number of nitrogens with zero attached hydrogens (tertiary/aromatic N) is 2. The largest absolute Gasteiger partial charge is 0.381 e. The summed E-state index contributed by atoms with van der Waals surface area (Å²) in [5, 5.41) is 3.64. The van der Waals surface area contributed by atoms with E-state index >= 15 is 0 Å². The molecule has 2 amide bonds. The van der Waals surface area contributed by atoms with Gasteiger partial charge in [0, 0.05) is 44.7 Å². The molecule has 2 aliphatic rings. The number of amides is 2. The number of thiazole rings is 1. The molecule has 6 nitrogen and oxygen atoms in total. The quantitative estimate of drug-likeness (QED) is 0.901. The van der Waals surface area contributed by atoms with Gasteiger partial charge in [-0.3, -0.25) is 9.59 Å². The Kier molecular flexibility index (Phi) is 5.20. The molecule has 0 unspecified atom stereocenters. The zero-order valence-electron chi connectivity index (χ0n) is 14.3. The molecular weight excluding hydrogens is 326 g/mol. The number of hydrogen-bond donors (Lipinski definition) is 1. The van der Waals surface area contributed by atoms with Crippen LogP contribution in [-0.2, 0) is 14.9 Å². The Morgan fingerprint density at radius 1 is 1.33 bits per heavy atom. The smallest absolute Gasteiger partial charge is 0.262 e. The molecule has 0 aliphatic carbocycles. The summed E-state index contributed by atoms with van der Waals surface area (Å²) < 4.78 is 5.35. The summed E-state index contributed by atoms with van der Waals surface area (Å²) >= 11 is 1.47. The number of likely N-dealkylation sites (tertiary alicyclic amines) is 1. The number of ether oxygens (including phenoxy) is 1. The maximum absolute atomic E-state index is 12.6. The van der Waals surface area contributed by atoms with Crippen molar-refractivity contribution in [1.29, 1.82) is 0 Å². The van der Waals surface area contributed by atoms with Crippen molar-refractivity contribution in [2.24, 2.45) is 5.92 Å². The van der Waals surface area contributed by atoms with E-state index in [2.05, 4.69) is 17.2 Å². The van der Waals surface area contributed by atoms with E-state index in [0.29, 0.717) is 18.1 Å². The molecule has 0 atom stereocenters. The molecule has 2 fully saturated rings. The predicted molar refractivity (Wildman–Crippen MR) is 92.2 cm³/mol. The molecule has 0 saturated carbocycles. The fourth-order valence-electron chi connectivity index (χ4n) is 3.42. The van der Waals surface area contributed by atoms with Crippen LogP contribution in [0.3, 0.4) is 0 Å². The molecule has 132 valence electrons. The van der Waals surface area contributed by atoms with Gasteiger partial charge in [-0.05, 0) is 25.7 Å². The Balaban J connectivity index is 1.61. The first kappa shape index (κ1) is 17.4. The molecule has 0 bridgehead atoms. The van der Waals surface area contributed by atoms with Crippen LogP contribution in [0.15, 0.2) is 6.20 Å². The molecule has 0 spiro atoms. The molecular formula is C17H25N3O3S. The van der Waals surface area contributed by atoms with Crippen molar-refractivity contribution in [3.8, 4) is 0 Å². The lowest BCUT2D eigenvalue weighted by Crippen LogP contribution is -2.46. The van der Waals surface area contributed by atoms with Crippen molar-refractivity contribution < 1.29 is 14.3 Å². The summed E-state index contributed by atoms with van der Waals surface area (Å²) in [6.07, 6.45) is 5.12. The predicted octanol–water partition coefficient (Wildman–Crippen LogP) is 1.81. The van der Waals surface area contributed by atoms with Crippen LogP contribution in [0.2, 0.25) is 0 Å². The summed E-state index contributed by atoms with van der Waals surface area (Å²) in [6.45, 7) is 5.12. The lowest BCUT2D eigenvalue weighted by Gasteiger charge is -2.39. The van der Waals surface area contributed by atoms with Crippen molar-refractivity contribution >= 4 is 23.2 Å². The van der Waals surface area contributed by atoms with Gasteiger partial charge in [0.25, 0.3) is 5.91 Å². The van der Waals surface area contributed by atoms with Crippen LogP contribution in [0.5, 0.6) is 0 Å². The first-order valence-electron chi connectivity index (χ1n) is 8.58. The van der Waals surface area contributed by atoms with E-state index in [0.717, 1.165) is 43.8 Å². The minimum absolute atomic E-state index is 0.0522. The van der Waals surface area contributed by atoms with Gasteiger partial charge in [-0.25, -0.2) is 4.98 Å². The highest BCUT2D eigenvalue weighted by Crippen LogP contribution is 2.37. The van der Waals surface area contributed by atoms with Crippen LogP contribution in [-0.4, -0.2) is 55.0 Å². The minimum atomic E-state index is -0.0884. The molecule has 0 aromatic carbocycles. The number of aromatic nitrogens is 1. The number of carbonyl (C=O) groups excluding carboxylic acids is 2. The molecule has 2 saturated heterocycles. The molecule has 1 aromatic heterocycles. The highest BCUT2D eigenvalue weighted by molar-refractivity contribution is 7.13. The maximum Gasteiger partial charge on any atom is 0.262 e. The fraction of sp³-hybridized carbons (Fsp3) is 0.706. The average Bonchev–Trinajstić information content (AvgIpc) is 3.13. The molecule has 1 aromatic rings. The number of rotatable bonds is 3. The highest BCUT2D eigenvalue weighted by Gasteiger charge is 2.37. The van der Waals surface area contributed by atoms with Gasteiger partial charge in [0.1, 0.15) is 4.88 Å². The SMILES string of the molecule is CNC(=O)c1cnc(C2(C)CCN(C(=O)C3CCOCC3)CC2)s1. The topological polar surface area (TPSA) is 71.5 Å². The lowest BCUT2D eigenvalue weighted by molar-refractivity contribution is -0.140. The van der Waals surface area contributed by atoms with Gasteiger partial charge in [0.15, 0.2) is 0 Å². The van der Waals surface area contributed by atoms with Crippen LogP contribution in [0.1, 0.15) is 47.3 Å². The number of hydrogen-bond acceptors (Lipinski definition) is 5. The second-order valence-corrected chi connectivity index (χ2v) is 7.91. The third-order valence-electron chi connectivity index (χ3n) is 5.22. The normalized spacial score (nSPS) is 21.5. The van der Waals surface area contributed by atoms with Gasteiger partial charge in [0.05, 0.1) is 11.2 Å². The van der Waals surface area contributed by atoms with Gasteiger partial charge >= 0.3 is 0 Å². The van der Waals surface area contributed by atoms with Crippen molar-refractivity contribution in [2.45, 2.75) is 38.0 Å². The number of piperidine rings is 1. The minimum Gasteiger partial charge on any atom is -0.381 e. The van der Waals surface area contributed by atoms with Crippen LogP contribution in [0, 0.1) is 5.92 Å². The summed E-state index contributed by atoms with van der Waals surface area (Å²) in [6, 6.07) is 0. The molecule has 1 N–H and O–H groups in total. The van der Waals surface area contributed by atoms with E-state index in [-0.39, 0.29) is 23.1 Å². The highest BCUT2D eigenvalue weighted by atomic mass is 32.1. The number of carbonyl (C=O) groups is 2. The lowest BCUT2D eigenvalue weighted by atomic mass is 9.80. The maximum atomic E-state index is 12.6. The molecule has 2 aliphatic heterocycles. The molecule has 0 radical (unpaired) electrons. The zero-order valence-corrected chi connectivity index (χ0v) is 15.2. The average molecular weight is 351 g/mol. The first-order chi connectivity index (χ1) is 11.5. The monoisotopic (exact) mass is 351 g/mol. The molecule has 3 rings (SSSR count). The third-order valence-corrected chi connectivity index (χ3v) is 6.52. The Morgan fingerprint density at radius 3 is 2.62 bits per heavy atom. The van der Waals surface area contributed by atoms with E-state index in [1.54, 1.807) is 13.2 Å². The van der Waals surface area contributed by atoms with Crippen LogP contribution in [0.4, 0.5) is 0 Å². The Hall–Kier alpha value is -1.47. The second-order valence-electron chi connectivity index (χ2n) is 6.88. The Bertz CT molecular complexity index is 602. The van der Waals surface area contributed by atoms with E-state index < -0.39 is 0 Å². The van der Waals surface area contributed by atoms with Gasteiger partial charge < -0.3 is 15.0 Å². The summed E-state index contributed by atoms with van der Waals surface area (Å²) in [7, 11) is 1.63. The zero-order chi connectivity index (χ0) is 17.2. The fourth-order valence-corrected chi connectivity index (χ4v) is 4.48. The molecule has 24 heavy (non-hydrogen) atoms. The number of nitrogens with one attached hydrogen (secondary N) is 1. The third kappa shape index (κ3) is 3.47.